The Kier molecular flexibility index (Phi) is 3.43. The molecular formula is C17H12BrN. The fourth-order valence-electron chi connectivity index (χ4n) is 2.14. The summed E-state index contributed by atoms with van der Waals surface area (Å²) in [7, 11) is 0. The van der Waals surface area contributed by atoms with Crippen molar-refractivity contribution in [2.75, 3.05) is 0 Å². The van der Waals surface area contributed by atoms with Crippen molar-refractivity contribution in [2.24, 2.45) is 0 Å². The van der Waals surface area contributed by atoms with Crippen molar-refractivity contribution in [1.82, 2.24) is 4.98 Å². The van der Waals surface area contributed by atoms with Crippen molar-refractivity contribution in [1.29, 1.82) is 0 Å². The molecule has 0 amide bonds. The third kappa shape index (κ3) is 2.45. The lowest BCUT2D eigenvalue weighted by Gasteiger charge is -2.10. The number of benzene rings is 2. The quantitative estimate of drug-likeness (QED) is 0.635. The molecule has 0 atom stereocenters. The van der Waals surface area contributed by atoms with Gasteiger partial charge >= 0.3 is 0 Å². The molecule has 0 N–H and O–H groups in total. The number of halogens is 1. The summed E-state index contributed by atoms with van der Waals surface area (Å²) in [6.45, 7) is 0. The van der Waals surface area contributed by atoms with Gasteiger partial charge in [0.1, 0.15) is 0 Å². The molecule has 0 bridgehead atoms. The molecule has 0 fully saturated rings. The summed E-state index contributed by atoms with van der Waals surface area (Å²) in [5, 5.41) is 0. The lowest BCUT2D eigenvalue weighted by atomic mass is 9.97. The molecule has 3 aromatic rings. The molecular weight excluding hydrogens is 298 g/mol. The minimum atomic E-state index is 0.974. The smallest absolute Gasteiger partial charge is 0.0850 e. The first-order chi connectivity index (χ1) is 9.36. The van der Waals surface area contributed by atoms with Crippen LogP contribution in [0.25, 0.3) is 22.4 Å². The highest BCUT2D eigenvalue weighted by Gasteiger charge is 2.09. The number of nitrogens with zero attached hydrogens (tertiary/aromatic N) is 1. The Morgan fingerprint density at radius 3 is 2.11 bits per heavy atom. The average Bonchev–Trinajstić information content (AvgIpc) is 2.49. The molecule has 0 radical (unpaired) electrons. The van der Waals surface area contributed by atoms with E-state index in [1.54, 1.807) is 0 Å². The zero-order chi connectivity index (χ0) is 13.1. The maximum Gasteiger partial charge on any atom is 0.0850 e. The Balaban J connectivity index is 2.21. The van der Waals surface area contributed by atoms with Crippen molar-refractivity contribution >= 4 is 15.9 Å². The van der Waals surface area contributed by atoms with E-state index in [2.05, 4.69) is 63.4 Å². The summed E-state index contributed by atoms with van der Waals surface area (Å²) in [5.74, 6) is 0. The summed E-state index contributed by atoms with van der Waals surface area (Å²) in [6.07, 6.45) is 1.82. The van der Waals surface area contributed by atoms with E-state index in [0.29, 0.717) is 0 Å². The van der Waals surface area contributed by atoms with Gasteiger partial charge in [0.25, 0.3) is 0 Å². The van der Waals surface area contributed by atoms with Crippen LogP contribution >= 0.6 is 15.9 Å². The van der Waals surface area contributed by atoms with Crippen LogP contribution in [-0.2, 0) is 0 Å². The predicted molar refractivity (Wildman–Crippen MR) is 82.8 cm³/mol. The van der Waals surface area contributed by atoms with Crippen LogP contribution in [0, 0.1) is 0 Å². The number of aromatic nitrogens is 1. The molecule has 1 aromatic heterocycles. The largest absolute Gasteiger partial charge is 0.255 e. The maximum atomic E-state index is 4.49. The maximum absolute atomic E-state index is 4.49. The van der Waals surface area contributed by atoms with Crippen molar-refractivity contribution in [3.63, 3.8) is 0 Å². The SMILES string of the molecule is Brc1cccnc1-c1ccccc1-c1ccccc1. The van der Waals surface area contributed by atoms with Gasteiger partial charge in [0, 0.05) is 16.2 Å². The van der Waals surface area contributed by atoms with Crippen molar-refractivity contribution in [3.8, 4) is 22.4 Å². The summed E-state index contributed by atoms with van der Waals surface area (Å²) >= 11 is 3.58. The molecule has 3 rings (SSSR count). The first-order valence-corrected chi connectivity index (χ1v) is 6.91. The summed E-state index contributed by atoms with van der Waals surface area (Å²) in [4.78, 5) is 4.49. The molecule has 0 spiro atoms. The molecule has 0 aliphatic rings. The fourth-order valence-corrected chi connectivity index (χ4v) is 2.61. The van der Waals surface area contributed by atoms with Gasteiger partial charge in [-0.2, -0.15) is 0 Å². The molecule has 0 aliphatic carbocycles. The molecule has 1 nitrogen and oxygen atoms in total. The van der Waals surface area contributed by atoms with Crippen LogP contribution in [0.15, 0.2) is 77.4 Å². The van der Waals surface area contributed by atoms with E-state index >= 15 is 0 Å². The standard InChI is InChI=1S/C17H12BrN/c18-16-11-6-12-19-17(16)15-10-5-4-9-14(15)13-7-2-1-3-8-13/h1-12H. The topological polar surface area (TPSA) is 12.9 Å². The van der Waals surface area contributed by atoms with Crippen molar-refractivity contribution in [2.45, 2.75) is 0 Å². The van der Waals surface area contributed by atoms with E-state index in [1.165, 1.54) is 11.1 Å². The third-order valence-electron chi connectivity index (χ3n) is 3.03. The van der Waals surface area contributed by atoms with Gasteiger partial charge < -0.3 is 0 Å². The molecule has 92 valence electrons. The van der Waals surface area contributed by atoms with Crippen LogP contribution in [0.5, 0.6) is 0 Å². The van der Waals surface area contributed by atoms with Gasteiger partial charge in [-0.15, -0.1) is 0 Å². The molecule has 1 heterocycles. The van der Waals surface area contributed by atoms with Crippen molar-refractivity contribution in [3.05, 3.63) is 77.4 Å². The highest BCUT2D eigenvalue weighted by molar-refractivity contribution is 9.10. The van der Waals surface area contributed by atoms with E-state index in [0.717, 1.165) is 15.7 Å². The van der Waals surface area contributed by atoms with Gasteiger partial charge in [0.15, 0.2) is 0 Å². The van der Waals surface area contributed by atoms with Crippen LogP contribution < -0.4 is 0 Å². The predicted octanol–water partition coefficient (Wildman–Crippen LogP) is 5.18. The van der Waals surface area contributed by atoms with Crippen LogP contribution in [0.1, 0.15) is 0 Å². The number of hydrogen-bond donors (Lipinski definition) is 0. The van der Waals surface area contributed by atoms with Crippen LogP contribution in [-0.4, -0.2) is 4.98 Å². The Morgan fingerprint density at radius 2 is 1.37 bits per heavy atom. The van der Waals surface area contributed by atoms with Gasteiger partial charge in [-0.3, -0.25) is 4.98 Å². The summed E-state index contributed by atoms with van der Waals surface area (Å²) in [6, 6.07) is 22.7. The monoisotopic (exact) mass is 309 g/mol. The third-order valence-corrected chi connectivity index (χ3v) is 3.67. The minimum absolute atomic E-state index is 0.974. The first-order valence-electron chi connectivity index (χ1n) is 6.11. The van der Waals surface area contributed by atoms with Gasteiger partial charge in [0.05, 0.1) is 5.69 Å². The number of pyridine rings is 1. The number of hydrogen-bond acceptors (Lipinski definition) is 1. The highest BCUT2D eigenvalue weighted by atomic mass is 79.9. The Labute approximate surface area is 121 Å². The first kappa shape index (κ1) is 12.1. The normalized spacial score (nSPS) is 10.4. The Bertz CT molecular complexity index is 692. The van der Waals surface area contributed by atoms with E-state index in [9.17, 15) is 0 Å². The fraction of sp³-hybridized carbons (Fsp3) is 0. The highest BCUT2D eigenvalue weighted by Crippen LogP contribution is 2.34. The Hall–Kier alpha value is -1.93. The average molecular weight is 310 g/mol. The molecule has 0 unspecified atom stereocenters. The van der Waals surface area contributed by atoms with Crippen LogP contribution in [0.4, 0.5) is 0 Å². The van der Waals surface area contributed by atoms with Crippen LogP contribution in [0.2, 0.25) is 0 Å². The van der Waals surface area contributed by atoms with E-state index in [-0.39, 0.29) is 0 Å². The summed E-state index contributed by atoms with van der Waals surface area (Å²) in [5.41, 5.74) is 4.52. The number of rotatable bonds is 2. The van der Waals surface area contributed by atoms with Gasteiger partial charge in [-0.1, -0.05) is 54.6 Å². The zero-order valence-electron chi connectivity index (χ0n) is 10.3. The molecule has 0 aliphatic heterocycles. The van der Waals surface area contributed by atoms with Gasteiger partial charge in [-0.05, 0) is 39.2 Å². The zero-order valence-corrected chi connectivity index (χ0v) is 11.8. The lowest BCUT2D eigenvalue weighted by molar-refractivity contribution is 1.31. The minimum Gasteiger partial charge on any atom is -0.255 e. The second kappa shape index (κ2) is 5.37. The van der Waals surface area contributed by atoms with E-state index in [1.807, 2.05) is 30.5 Å². The second-order valence-electron chi connectivity index (χ2n) is 4.25. The molecule has 2 heteroatoms. The van der Waals surface area contributed by atoms with Crippen molar-refractivity contribution < 1.29 is 0 Å². The van der Waals surface area contributed by atoms with Crippen LogP contribution in [0.3, 0.4) is 0 Å². The van der Waals surface area contributed by atoms with Gasteiger partial charge in [0.2, 0.25) is 0 Å². The van der Waals surface area contributed by atoms with E-state index < -0.39 is 0 Å². The summed E-state index contributed by atoms with van der Waals surface area (Å²) < 4.78 is 1.01. The molecule has 0 saturated carbocycles. The molecule has 2 aromatic carbocycles. The molecule has 0 saturated heterocycles. The Morgan fingerprint density at radius 1 is 0.684 bits per heavy atom. The second-order valence-corrected chi connectivity index (χ2v) is 5.10. The lowest BCUT2D eigenvalue weighted by Crippen LogP contribution is -1.88. The molecule has 19 heavy (non-hydrogen) atoms. The van der Waals surface area contributed by atoms with E-state index in [4.69, 9.17) is 0 Å². The van der Waals surface area contributed by atoms with Gasteiger partial charge in [-0.25, -0.2) is 0 Å².